The smallest absolute Gasteiger partial charge is 0.223 e. The zero-order valence-corrected chi connectivity index (χ0v) is 18.4. The van der Waals surface area contributed by atoms with Crippen molar-refractivity contribution in [3.63, 3.8) is 0 Å². The van der Waals surface area contributed by atoms with Gasteiger partial charge in [-0.1, -0.05) is 23.3 Å². The molecule has 1 heterocycles. The van der Waals surface area contributed by atoms with Gasteiger partial charge in [0.1, 0.15) is 5.75 Å². The maximum absolute atomic E-state index is 10.6. The van der Waals surface area contributed by atoms with Crippen LogP contribution in [0.2, 0.25) is 0 Å². The quantitative estimate of drug-likeness (QED) is 0.389. The van der Waals surface area contributed by atoms with Crippen LogP contribution in [-0.2, 0) is 6.42 Å². The highest BCUT2D eigenvalue weighted by molar-refractivity contribution is 6.29. The summed E-state index contributed by atoms with van der Waals surface area (Å²) in [5.74, 6) is 1.17. The lowest BCUT2D eigenvalue weighted by atomic mass is 9.99. The third-order valence-electron chi connectivity index (χ3n) is 4.53. The minimum absolute atomic E-state index is 0.112. The highest BCUT2D eigenvalue weighted by Crippen LogP contribution is 2.28. The summed E-state index contributed by atoms with van der Waals surface area (Å²) < 4.78 is 5.69. The van der Waals surface area contributed by atoms with Crippen LogP contribution in [0.4, 0.5) is 17.3 Å². The van der Waals surface area contributed by atoms with Crippen molar-refractivity contribution in [2.45, 2.75) is 39.2 Å². The second-order valence-corrected chi connectivity index (χ2v) is 7.95. The summed E-state index contributed by atoms with van der Waals surface area (Å²) in [7, 11) is 0. The number of aromatic nitrogens is 2. The SMILES string of the molecule is CC(C)Oc1ccc(Nc2cnc(NCC[N+](=O)[O-])nc2CC2=CC=C(Cl)CC2)cc1. The van der Waals surface area contributed by atoms with Crippen LogP contribution in [0.5, 0.6) is 5.75 Å². The van der Waals surface area contributed by atoms with Gasteiger partial charge in [0.15, 0.2) is 0 Å². The van der Waals surface area contributed by atoms with Crippen molar-refractivity contribution in [2.24, 2.45) is 0 Å². The molecule has 0 atom stereocenters. The molecular weight excluding hydrogens is 418 g/mol. The van der Waals surface area contributed by atoms with E-state index in [-0.39, 0.29) is 24.1 Å². The molecule has 1 aromatic heterocycles. The fourth-order valence-corrected chi connectivity index (χ4v) is 3.22. The molecule has 164 valence electrons. The molecule has 3 rings (SSSR count). The van der Waals surface area contributed by atoms with Crippen molar-refractivity contribution < 1.29 is 9.66 Å². The van der Waals surface area contributed by atoms with Gasteiger partial charge in [-0.05, 0) is 57.0 Å². The Labute approximate surface area is 186 Å². The van der Waals surface area contributed by atoms with Crippen molar-refractivity contribution in [2.75, 3.05) is 23.7 Å². The van der Waals surface area contributed by atoms with Gasteiger partial charge in [0.25, 0.3) is 0 Å². The molecule has 8 nitrogen and oxygen atoms in total. The molecule has 1 aromatic carbocycles. The highest BCUT2D eigenvalue weighted by Gasteiger charge is 2.13. The first-order valence-corrected chi connectivity index (χ1v) is 10.6. The number of halogens is 1. The highest BCUT2D eigenvalue weighted by atomic mass is 35.5. The number of hydrogen-bond donors (Lipinski definition) is 2. The van der Waals surface area contributed by atoms with Crippen molar-refractivity contribution >= 4 is 28.9 Å². The average molecular weight is 444 g/mol. The number of hydrogen-bond acceptors (Lipinski definition) is 7. The molecule has 0 fully saturated rings. The van der Waals surface area contributed by atoms with Gasteiger partial charge in [0, 0.05) is 22.1 Å². The van der Waals surface area contributed by atoms with Crippen LogP contribution >= 0.6 is 11.6 Å². The van der Waals surface area contributed by atoms with E-state index < -0.39 is 0 Å². The second-order valence-electron chi connectivity index (χ2n) is 7.47. The number of anilines is 3. The van der Waals surface area contributed by atoms with E-state index in [0.717, 1.165) is 40.7 Å². The van der Waals surface area contributed by atoms with Crippen LogP contribution in [-0.4, -0.2) is 34.1 Å². The summed E-state index contributed by atoms with van der Waals surface area (Å²) in [6.07, 6.45) is 8.05. The van der Waals surface area contributed by atoms with E-state index in [1.54, 1.807) is 6.20 Å². The zero-order valence-electron chi connectivity index (χ0n) is 17.6. The van der Waals surface area contributed by atoms with Gasteiger partial charge in [0.2, 0.25) is 12.5 Å². The minimum Gasteiger partial charge on any atom is -0.491 e. The molecule has 1 aliphatic carbocycles. The van der Waals surface area contributed by atoms with Crippen molar-refractivity contribution in [3.8, 4) is 5.75 Å². The van der Waals surface area contributed by atoms with Crippen LogP contribution in [0, 0.1) is 10.1 Å². The average Bonchev–Trinajstić information content (AvgIpc) is 2.72. The Hall–Kier alpha value is -3.13. The van der Waals surface area contributed by atoms with Gasteiger partial charge in [-0.2, -0.15) is 0 Å². The minimum atomic E-state index is -0.376. The fraction of sp³-hybridized carbons (Fsp3) is 0.364. The van der Waals surface area contributed by atoms with Gasteiger partial charge < -0.3 is 15.4 Å². The maximum atomic E-state index is 10.6. The number of allylic oxidation sites excluding steroid dienone is 4. The predicted molar refractivity (Wildman–Crippen MR) is 123 cm³/mol. The number of nitro groups is 1. The molecule has 0 bridgehead atoms. The molecule has 2 N–H and O–H groups in total. The third kappa shape index (κ3) is 7.25. The van der Waals surface area contributed by atoms with Crippen LogP contribution in [0.1, 0.15) is 32.4 Å². The first-order chi connectivity index (χ1) is 14.9. The number of nitrogens with zero attached hydrogens (tertiary/aromatic N) is 3. The van der Waals surface area contributed by atoms with Gasteiger partial charge in [-0.25, -0.2) is 9.97 Å². The lowest BCUT2D eigenvalue weighted by molar-refractivity contribution is -0.476. The standard InChI is InChI=1S/C22H26ClN5O3/c1-15(2)31-19-9-7-18(8-10-19)26-21-14-25-22(24-11-12-28(29)30)27-20(21)13-16-3-5-17(23)6-4-16/h3,5,7-10,14-15,26H,4,6,11-13H2,1-2H3,(H,24,25,27). The van der Waals surface area contributed by atoms with E-state index in [1.807, 2.05) is 50.3 Å². The van der Waals surface area contributed by atoms with E-state index in [0.29, 0.717) is 12.4 Å². The molecule has 1 aliphatic rings. The Bertz CT molecular complexity index is 974. The van der Waals surface area contributed by atoms with E-state index in [2.05, 4.69) is 20.6 Å². The lowest BCUT2D eigenvalue weighted by Gasteiger charge is -2.16. The fourth-order valence-electron chi connectivity index (χ4n) is 3.06. The summed E-state index contributed by atoms with van der Waals surface area (Å²) >= 11 is 6.08. The Kier molecular flexibility index (Phi) is 7.83. The molecule has 0 amide bonds. The van der Waals surface area contributed by atoms with Crippen LogP contribution in [0.25, 0.3) is 0 Å². The van der Waals surface area contributed by atoms with Gasteiger partial charge in [0.05, 0.1) is 30.2 Å². The van der Waals surface area contributed by atoms with Gasteiger partial charge in [-0.3, -0.25) is 10.1 Å². The van der Waals surface area contributed by atoms with Gasteiger partial charge >= 0.3 is 0 Å². The van der Waals surface area contributed by atoms with Crippen LogP contribution in [0.15, 0.2) is 53.2 Å². The first kappa shape index (κ1) is 22.6. The molecule has 0 spiro atoms. The molecule has 0 saturated heterocycles. The Morgan fingerprint density at radius 1 is 1.23 bits per heavy atom. The van der Waals surface area contributed by atoms with Crippen molar-refractivity contribution in [3.05, 3.63) is 69.0 Å². The molecule has 0 radical (unpaired) electrons. The third-order valence-corrected chi connectivity index (χ3v) is 4.84. The summed E-state index contributed by atoms with van der Waals surface area (Å²) in [5, 5.41) is 17.7. The lowest BCUT2D eigenvalue weighted by Crippen LogP contribution is -2.16. The van der Waals surface area contributed by atoms with Crippen LogP contribution in [0.3, 0.4) is 0 Å². The Morgan fingerprint density at radius 3 is 2.65 bits per heavy atom. The number of rotatable bonds is 10. The largest absolute Gasteiger partial charge is 0.491 e. The molecule has 0 unspecified atom stereocenters. The molecule has 31 heavy (non-hydrogen) atoms. The number of ether oxygens (including phenoxy) is 1. The van der Waals surface area contributed by atoms with Crippen molar-refractivity contribution in [1.29, 1.82) is 0 Å². The molecule has 9 heteroatoms. The predicted octanol–water partition coefficient (Wildman–Crippen LogP) is 5.08. The summed E-state index contributed by atoms with van der Waals surface area (Å²) in [4.78, 5) is 19.1. The van der Waals surface area contributed by atoms with E-state index in [9.17, 15) is 10.1 Å². The Balaban J connectivity index is 1.79. The monoisotopic (exact) mass is 443 g/mol. The van der Waals surface area contributed by atoms with Crippen LogP contribution < -0.4 is 15.4 Å². The Morgan fingerprint density at radius 2 is 2.00 bits per heavy atom. The summed E-state index contributed by atoms with van der Waals surface area (Å²) in [6.45, 7) is 3.94. The second kappa shape index (κ2) is 10.8. The normalized spacial score (nSPS) is 13.4. The summed E-state index contributed by atoms with van der Waals surface area (Å²) in [5.41, 5.74) is 3.68. The topological polar surface area (TPSA) is 102 Å². The number of benzene rings is 1. The molecular formula is C22H26ClN5O3. The molecule has 0 saturated carbocycles. The summed E-state index contributed by atoms with van der Waals surface area (Å²) in [6, 6.07) is 7.69. The van der Waals surface area contributed by atoms with E-state index >= 15 is 0 Å². The zero-order chi connectivity index (χ0) is 22.2. The van der Waals surface area contributed by atoms with Crippen molar-refractivity contribution in [1.82, 2.24) is 9.97 Å². The van der Waals surface area contributed by atoms with E-state index in [4.69, 9.17) is 16.3 Å². The van der Waals surface area contributed by atoms with E-state index in [1.165, 1.54) is 5.57 Å². The van der Waals surface area contributed by atoms with Gasteiger partial charge in [-0.15, -0.1) is 0 Å². The number of nitrogens with one attached hydrogen (secondary N) is 2. The molecule has 0 aliphatic heterocycles. The first-order valence-electron chi connectivity index (χ1n) is 10.2. The maximum Gasteiger partial charge on any atom is 0.223 e. The molecule has 2 aromatic rings.